The molecule has 2 aliphatic carbocycles. The van der Waals surface area contributed by atoms with Crippen LogP contribution in [0.25, 0.3) is 0 Å². The van der Waals surface area contributed by atoms with Gasteiger partial charge in [-0.15, -0.1) is 3.89 Å². The van der Waals surface area contributed by atoms with E-state index in [1.54, 1.807) is 0 Å². The molecule has 70 valence electrons. The smallest absolute Gasteiger partial charge is 0.195 e. The largest absolute Gasteiger partial charge is 0.305 e. The fourth-order valence-corrected chi connectivity index (χ4v) is 3.68. The zero-order chi connectivity index (χ0) is 8.77. The van der Waals surface area contributed by atoms with Gasteiger partial charge in [0, 0.05) is 0 Å². The van der Waals surface area contributed by atoms with E-state index in [1.165, 1.54) is 0 Å². The average Bonchev–Trinajstić information content (AvgIpc) is 2.28. The van der Waals surface area contributed by atoms with Gasteiger partial charge in [-0.1, -0.05) is 12.8 Å². The van der Waals surface area contributed by atoms with Crippen LogP contribution in [0.3, 0.4) is 0 Å². The molecule has 0 heterocycles. The number of fused-ring (bicyclic) bond motifs is 2. The predicted molar refractivity (Wildman–Crippen MR) is 43.9 cm³/mol. The summed E-state index contributed by atoms with van der Waals surface area (Å²) < 4.78 is 33.9. The number of rotatable bonds is 1. The van der Waals surface area contributed by atoms with Crippen LogP contribution in [0.1, 0.15) is 32.1 Å². The highest BCUT2D eigenvalue weighted by molar-refractivity contribution is 7.87. The van der Waals surface area contributed by atoms with Gasteiger partial charge in [0.25, 0.3) is 0 Å². The lowest BCUT2D eigenvalue weighted by Crippen LogP contribution is -2.26. The van der Waals surface area contributed by atoms with Crippen molar-refractivity contribution in [1.29, 1.82) is 0 Å². The predicted octanol–water partition coefficient (Wildman–Crippen LogP) is 1.86. The minimum atomic E-state index is -4.25. The molecule has 2 saturated carbocycles. The van der Waals surface area contributed by atoms with Crippen molar-refractivity contribution < 1.29 is 12.3 Å². The van der Waals surface area contributed by atoms with Crippen molar-refractivity contribution in [3.63, 3.8) is 0 Å². The van der Waals surface area contributed by atoms with E-state index < -0.39 is 15.5 Å². The van der Waals surface area contributed by atoms with Crippen molar-refractivity contribution in [2.75, 3.05) is 0 Å². The molecule has 2 aliphatic rings. The van der Waals surface area contributed by atoms with Crippen molar-refractivity contribution in [2.24, 2.45) is 11.8 Å². The Kier molecular flexibility index (Phi) is 1.90. The molecule has 0 aromatic rings. The Morgan fingerprint density at radius 2 is 1.50 bits per heavy atom. The van der Waals surface area contributed by atoms with Crippen molar-refractivity contribution in [1.82, 2.24) is 0 Å². The zero-order valence-electron chi connectivity index (χ0n) is 6.87. The third-order valence-corrected chi connectivity index (χ3v) is 4.42. The lowest BCUT2D eigenvalue weighted by Gasteiger charge is -2.24. The number of hydrogen-bond acceptors (Lipinski definition) is 2. The highest BCUT2D eigenvalue weighted by Crippen LogP contribution is 2.44. The Morgan fingerprint density at radius 3 is 1.92 bits per heavy atom. The summed E-state index contributed by atoms with van der Waals surface area (Å²) in [5.74, 6) is 0.971. The molecular formula is C8H13FO2S. The first-order valence-corrected chi connectivity index (χ1v) is 5.94. The maximum atomic E-state index is 12.6. The molecule has 0 N–H and O–H groups in total. The van der Waals surface area contributed by atoms with Crippen LogP contribution in [-0.4, -0.2) is 13.7 Å². The normalized spacial score (nSPS) is 41.6. The number of hydrogen-bond donors (Lipinski definition) is 0. The fraction of sp³-hybridized carbons (Fsp3) is 1.00. The van der Waals surface area contributed by atoms with Gasteiger partial charge in [0.2, 0.25) is 0 Å². The monoisotopic (exact) mass is 192 g/mol. The topological polar surface area (TPSA) is 34.1 Å². The van der Waals surface area contributed by atoms with Gasteiger partial charge >= 0.3 is 10.2 Å². The molecule has 0 spiro atoms. The average molecular weight is 192 g/mol. The third kappa shape index (κ3) is 1.49. The Hall–Kier alpha value is -0.120. The quantitative estimate of drug-likeness (QED) is 0.594. The first-order chi connectivity index (χ1) is 5.55. The lowest BCUT2D eigenvalue weighted by molar-refractivity contribution is 0.351. The van der Waals surface area contributed by atoms with E-state index in [0.29, 0.717) is 24.7 Å². The van der Waals surface area contributed by atoms with Crippen molar-refractivity contribution >= 4 is 10.2 Å². The molecule has 0 radical (unpaired) electrons. The van der Waals surface area contributed by atoms with Gasteiger partial charge in [-0.25, -0.2) is 0 Å². The third-order valence-electron chi connectivity index (χ3n) is 3.24. The molecule has 2 rings (SSSR count). The maximum Gasteiger partial charge on any atom is 0.305 e. The van der Waals surface area contributed by atoms with Gasteiger partial charge < -0.3 is 0 Å². The van der Waals surface area contributed by atoms with E-state index in [4.69, 9.17) is 0 Å². The van der Waals surface area contributed by atoms with E-state index >= 15 is 0 Å². The van der Waals surface area contributed by atoms with Crippen LogP contribution in [0.5, 0.6) is 0 Å². The summed E-state index contributed by atoms with van der Waals surface area (Å²) in [7, 11) is -4.25. The molecule has 2 bridgehead atoms. The Bertz CT molecular complexity index is 261. The van der Waals surface area contributed by atoms with E-state index in [0.717, 1.165) is 19.3 Å². The van der Waals surface area contributed by atoms with Gasteiger partial charge in [-0.2, -0.15) is 8.42 Å². The molecule has 0 amide bonds. The van der Waals surface area contributed by atoms with Gasteiger partial charge in [0.05, 0.1) is 5.25 Å². The molecule has 0 aromatic heterocycles. The molecule has 2 fully saturated rings. The second kappa shape index (κ2) is 2.69. The fourth-order valence-electron chi connectivity index (χ4n) is 2.68. The van der Waals surface area contributed by atoms with E-state index in [2.05, 4.69) is 0 Å². The Balaban J connectivity index is 2.13. The van der Waals surface area contributed by atoms with E-state index in [1.807, 2.05) is 0 Å². The molecule has 2 nitrogen and oxygen atoms in total. The second-order valence-electron chi connectivity index (χ2n) is 4.11. The highest BCUT2D eigenvalue weighted by atomic mass is 32.3. The van der Waals surface area contributed by atoms with Crippen molar-refractivity contribution in [3.8, 4) is 0 Å². The number of halogens is 1. The van der Waals surface area contributed by atoms with Crippen molar-refractivity contribution in [3.05, 3.63) is 0 Å². The molecule has 4 heteroatoms. The molecule has 12 heavy (non-hydrogen) atoms. The van der Waals surface area contributed by atoms with Gasteiger partial charge in [0.15, 0.2) is 0 Å². The van der Waals surface area contributed by atoms with Gasteiger partial charge in [-0.3, -0.25) is 0 Å². The summed E-state index contributed by atoms with van der Waals surface area (Å²) in [6.07, 6.45) is 4.48. The maximum absolute atomic E-state index is 12.6. The molecule has 2 atom stereocenters. The standard InChI is InChI=1S/C8H13FO2S/c9-12(10,11)8-4-6-1-2-7(3-6)5-8/h6-8H,1-5H2. The minimum absolute atomic E-state index is 0.485. The molecule has 2 unspecified atom stereocenters. The van der Waals surface area contributed by atoms with Crippen LogP contribution in [0, 0.1) is 11.8 Å². The molecular weight excluding hydrogens is 179 g/mol. The van der Waals surface area contributed by atoms with Gasteiger partial charge in [-0.05, 0) is 31.1 Å². The van der Waals surface area contributed by atoms with Crippen LogP contribution in [-0.2, 0) is 10.2 Å². The lowest BCUT2D eigenvalue weighted by atomic mass is 9.89. The summed E-state index contributed by atoms with van der Waals surface area (Å²) in [5, 5.41) is -0.677. The summed E-state index contributed by atoms with van der Waals surface area (Å²) in [5.41, 5.74) is 0. The van der Waals surface area contributed by atoms with Crippen LogP contribution in [0.4, 0.5) is 3.89 Å². The van der Waals surface area contributed by atoms with E-state index in [-0.39, 0.29) is 0 Å². The van der Waals surface area contributed by atoms with Crippen molar-refractivity contribution in [2.45, 2.75) is 37.4 Å². The molecule has 0 aromatic carbocycles. The van der Waals surface area contributed by atoms with Crippen LogP contribution in [0.15, 0.2) is 0 Å². The molecule has 0 saturated heterocycles. The van der Waals surface area contributed by atoms with Crippen LogP contribution in [0.2, 0.25) is 0 Å². The zero-order valence-corrected chi connectivity index (χ0v) is 7.69. The summed E-state index contributed by atoms with van der Waals surface area (Å²) in [4.78, 5) is 0. The summed E-state index contributed by atoms with van der Waals surface area (Å²) >= 11 is 0. The Morgan fingerprint density at radius 1 is 1.00 bits per heavy atom. The van der Waals surface area contributed by atoms with Gasteiger partial charge in [0.1, 0.15) is 0 Å². The summed E-state index contributed by atoms with van der Waals surface area (Å²) in [6, 6.07) is 0. The van der Waals surface area contributed by atoms with E-state index in [9.17, 15) is 12.3 Å². The first-order valence-electron chi connectivity index (χ1n) is 4.49. The highest BCUT2D eigenvalue weighted by Gasteiger charge is 2.39. The second-order valence-corrected chi connectivity index (χ2v) is 5.73. The SMILES string of the molecule is O=S(=O)(F)C1CC2CCC(C2)C1. The Labute approximate surface area is 72.4 Å². The summed E-state index contributed by atoms with van der Waals surface area (Å²) in [6.45, 7) is 0. The van der Waals surface area contributed by atoms with Crippen LogP contribution >= 0.6 is 0 Å². The first kappa shape index (κ1) is 8.48. The minimum Gasteiger partial charge on any atom is -0.195 e. The molecule has 0 aliphatic heterocycles. The van der Waals surface area contributed by atoms with Crippen LogP contribution < -0.4 is 0 Å².